The molecule has 0 aliphatic carbocycles. The van der Waals surface area contributed by atoms with Gasteiger partial charge in [0.05, 0.1) is 23.3 Å². The first kappa shape index (κ1) is 12.4. The Morgan fingerprint density at radius 1 is 0.889 bits per heavy atom. The van der Waals surface area contributed by atoms with Crippen molar-refractivity contribution in [2.75, 3.05) is 5.73 Å². The summed E-state index contributed by atoms with van der Waals surface area (Å²) in [6.45, 7) is 0. The quantitative estimate of drug-likeness (QED) is 0.637. The monoisotopic (exact) mass is 345 g/mol. The van der Waals surface area contributed by atoms with E-state index in [9.17, 15) is 0 Å². The molecule has 0 aromatic heterocycles. The maximum atomic E-state index is 9.16. The topological polar surface area (TPSA) is 73.6 Å². The molecule has 0 saturated carbocycles. The summed E-state index contributed by atoms with van der Waals surface area (Å²) in [4.78, 5) is 0. The van der Waals surface area contributed by atoms with Gasteiger partial charge in [-0.3, -0.25) is 0 Å². The summed E-state index contributed by atoms with van der Waals surface area (Å²) in [7, 11) is 0. The van der Waals surface area contributed by atoms with E-state index in [1.165, 1.54) is 0 Å². The van der Waals surface area contributed by atoms with Crippen molar-refractivity contribution >= 4 is 28.3 Å². The van der Waals surface area contributed by atoms with Crippen LogP contribution in [0.2, 0.25) is 0 Å². The molecule has 86 valence electrons. The van der Waals surface area contributed by atoms with Crippen molar-refractivity contribution in [2.24, 2.45) is 0 Å². The van der Waals surface area contributed by atoms with E-state index >= 15 is 0 Å². The number of anilines is 1. The summed E-state index contributed by atoms with van der Waals surface area (Å²) < 4.78 is 0.988. The lowest BCUT2D eigenvalue weighted by molar-refractivity contribution is 1.44. The van der Waals surface area contributed by atoms with Crippen molar-refractivity contribution in [3.63, 3.8) is 0 Å². The van der Waals surface area contributed by atoms with Gasteiger partial charge < -0.3 is 5.73 Å². The van der Waals surface area contributed by atoms with Gasteiger partial charge in [-0.15, -0.1) is 0 Å². The standard InChI is InChI=1S/C14H8IN3/c15-11-1-3-13(9(5-11)7-16)14-4-2-12(18)6-10(14)8-17/h1-6H,18H2. The van der Waals surface area contributed by atoms with Gasteiger partial charge in [0.25, 0.3) is 0 Å². The molecular formula is C14H8IN3. The number of halogens is 1. The smallest absolute Gasteiger partial charge is 0.0998 e. The molecule has 0 unspecified atom stereocenters. The molecule has 0 spiro atoms. The normalized spacial score (nSPS) is 9.50. The molecule has 0 amide bonds. The van der Waals surface area contributed by atoms with Crippen LogP contribution >= 0.6 is 22.6 Å². The van der Waals surface area contributed by atoms with Gasteiger partial charge in [-0.05, 0) is 46.9 Å². The molecule has 2 aromatic rings. The van der Waals surface area contributed by atoms with Crippen LogP contribution in [0.1, 0.15) is 11.1 Å². The van der Waals surface area contributed by atoms with Crippen LogP contribution in [0.3, 0.4) is 0 Å². The van der Waals surface area contributed by atoms with E-state index in [4.69, 9.17) is 16.3 Å². The Morgan fingerprint density at radius 3 is 2.06 bits per heavy atom. The molecule has 0 bridgehead atoms. The number of benzene rings is 2. The predicted molar refractivity (Wildman–Crippen MR) is 78.4 cm³/mol. The molecule has 0 atom stereocenters. The summed E-state index contributed by atoms with van der Waals surface area (Å²) in [5.41, 5.74) is 8.73. The Bertz CT molecular complexity index is 632. The summed E-state index contributed by atoms with van der Waals surface area (Å²) in [5, 5.41) is 18.3. The Morgan fingerprint density at radius 2 is 1.44 bits per heavy atom. The lowest BCUT2D eigenvalue weighted by Gasteiger charge is -2.07. The van der Waals surface area contributed by atoms with Crippen LogP contribution in [0.4, 0.5) is 5.69 Å². The van der Waals surface area contributed by atoms with Gasteiger partial charge in [0, 0.05) is 20.4 Å². The molecular weight excluding hydrogens is 337 g/mol. The van der Waals surface area contributed by atoms with Crippen molar-refractivity contribution in [1.29, 1.82) is 10.5 Å². The van der Waals surface area contributed by atoms with Crippen LogP contribution in [-0.4, -0.2) is 0 Å². The summed E-state index contributed by atoms with van der Waals surface area (Å²) in [6, 6.07) is 15.0. The number of hydrogen-bond acceptors (Lipinski definition) is 3. The maximum Gasteiger partial charge on any atom is 0.0998 e. The van der Waals surface area contributed by atoms with Crippen LogP contribution < -0.4 is 5.73 Å². The van der Waals surface area contributed by atoms with Crippen LogP contribution in [-0.2, 0) is 0 Å². The fraction of sp³-hybridized carbons (Fsp3) is 0. The Labute approximate surface area is 119 Å². The van der Waals surface area contributed by atoms with Gasteiger partial charge >= 0.3 is 0 Å². The highest BCUT2D eigenvalue weighted by Crippen LogP contribution is 2.29. The van der Waals surface area contributed by atoms with E-state index in [0.29, 0.717) is 16.8 Å². The summed E-state index contributed by atoms with van der Waals surface area (Å²) >= 11 is 2.15. The Balaban J connectivity index is 2.71. The molecule has 0 fully saturated rings. The SMILES string of the molecule is N#Cc1cc(N)ccc1-c1ccc(I)cc1C#N. The van der Waals surface area contributed by atoms with Crippen molar-refractivity contribution in [1.82, 2.24) is 0 Å². The average molecular weight is 345 g/mol. The minimum atomic E-state index is 0.479. The molecule has 0 aliphatic rings. The van der Waals surface area contributed by atoms with Gasteiger partial charge in [0.1, 0.15) is 0 Å². The third-order valence-electron chi connectivity index (χ3n) is 2.56. The highest BCUT2D eigenvalue weighted by molar-refractivity contribution is 14.1. The summed E-state index contributed by atoms with van der Waals surface area (Å²) in [6.07, 6.45) is 0. The molecule has 3 nitrogen and oxygen atoms in total. The van der Waals surface area contributed by atoms with Gasteiger partial charge in [-0.2, -0.15) is 10.5 Å². The summed E-state index contributed by atoms with van der Waals surface area (Å²) in [5.74, 6) is 0. The Hall–Kier alpha value is -2.05. The van der Waals surface area contributed by atoms with Crippen molar-refractivity contribution in [3.8, 4) is 23.3 Å². The van der Waals surface area contributed by atoms with E-state index in [1.807, 2.05) is 12.1 Å². The first-order valence-corrected chi connectivity index (χ1v) is 6.23. The highest BCUT2D eigenvalue weighted by atomic mass is 127. The van der Waals surface area contributed by atoms with E-state index in [2.05, 4.69) is 34.7 Å². The molecule has 0 saturated heterocycles. The van der Waals surface area contributed by atoms with E-state index in [-0.39, 0.29) is 0 Å². The zero-order valence-corrected chi connectivity index (χ0v) is 11.5. The van der Waals surface area contributed by atoms with E-state index in [1.54, 1.807) is 24.3 Å². The zero-order chi connectivity index (χ0) is 13.1. The minimum Gasteiger partial charge on any atom is -0.399 e. The highest BCUT2D eigenvalue weighted by Gasteiger charge is 2.10. The molecule has 0 heterocycles. The number of hydrogen-bond donors (Lipinski definition) is 1. The van der Waals surface area contributed by atoms with Gasteiger partial charge in [0.2, 0.25) is 0 Å². The fourth-order valence-corrected chi connectivity index (χ4v) is 2.22. The molecule has 2 aromatic carbocycles. The number of rotatable bonds is 1. The molecule has 2 N–H and O–H groups in total. The number of nitrogens with two attached hydrogens (primary N) is 1. The Kier molecular flexibility index (Phi) is 3.50. The maximum absolute atomic E-state index is 9.16. The number of nitrogen functional groups attached to an aromatic ring is 1. The number of nitriles is 2. The van der Waals surface area contributed by atoms with E-state index < -0.39 is 0 Å². The lowest BCUT2D eigenvalue weighted by atomic mass is 9.96. The van der Waals surface area contributed by atoms with Crippen LogP contribution in [0.15, 0.2) is 36.4 Å². The second-order valence-electron chi connectivity index (χ2n) is 3.72. The zero-order valence-electron chi connectivity index (χ0n) is 9.31. The average Bonchev–Trinajstić information content (AvgIpc) is 2.38. The minimum absolute atomic E-state index is 0.479. The predicted octanol–water partition coefficient (Wildman–Crippen LogP) is 3.28. The molecule has 4 heteroatoms. The second kappa shape index (κ2) is 5.07. The van der Waals surface area contributed by atoms with Gasteiger partial charge in [-0.25, -0.2) is 0 Å². The third-order valence-corrected chi connectivity index (χ3v) is 3.23. The third kappa shape index (κ3) is 2.29. The fourth-order valence-electron chi connectivity index (χ4n) is 1.73. The molecule has 2 rings (SSSR count). The first-order valence-electron chi connectivity index (χ1n) is 5.15. The first-order chi connectivity index (χ1) is 8.65. The van der Waals surface area contributed by atoms with Crippen molar-refractivity contribution < 1.29 is 0 Å². The van der Waals surface area contributed by atoms with Gasteiger partial charge in [-0.1, -0.05) is 12.1 Å². The van der Waals surface area contributed by atoms with Gasteiger partial charge in [0.15, 0.2) is 0 Å². The largest absolute Gasteiger partial charge is 0.399 e. The van der Waals surface area contributed by atoms with Crippen LogP contribution in [0.25, 0.3) is 11.1 Å². The number of nitrogens with zero attached hydrogens (tertiary/aromatic N) is 2. The second-order valence-corrected chi connectivity index (χ2v) is 4.96. The van der Waals surface area contributed by atoms with E-state index in [0.717, 1.165) is 14.7 Å². The van der Waals surface area contributed by atoms with Crippen LogP contribution in [0.5, 0.6) is 0 Å². The van der Waals surface area contributed by atoms with Crippen molar-refractivity contribution in [2.45, 2.75) is 0 Å². The van der Waals surface area contributed by atoms with Crippen molar-refractivity contribution in [3.05, 3.63) is 51.1 Å². The molecule has 0 aliphatic heterocycles. The lowest BCUT2D eigenvalue weighted by Crippen LogP contribution is -1.92. The molecule has 18 heavy (non-hydrogen) atoms. The van der Waals surface area contributed by atoms with Crippen LogP contribution in [0, 0.1) is 26.2 Å². The molecule has 0 radical (unpaired) electrons.